The Morgan fingerprint density at radius 3 is 2.53 bits per heavy atom. The molecule has 2 N–H and O–H groups in total. The maximum absolute atomic E-state index is 11.0. The predicted octanol–water partition coefficient (Wildman–Crippen LogP) is 1.83. The molecule has 0 amide bonds. The van der Waals surface area contributed by atoms with Crippen LogP contribution in [0.2, 0.25) is 5.02 Å². The molecule has 0 aliphatic carbocycles. The van der Waals surface area contributed by atoms with E-state index < -0.39 is 10.9 Å². The van der Waals surface area contributed by atoms with Crippen LogP contribution in [-0.2, 0) is 0 Å². The Morgan fingerprint density at radius 2 is 2.12 bits per heavy atom. The average molecular weight is 260 g/mol. The molecule has 0 radical (unpaired) electrons. The second-order valence-electron chi connectivity index (χ2n) is 3.42. The lowest BCUT2D eigenvalue weighted by molar-refractivity contribution is -0.384. The third kappa shape index (κ3) is 3.05. The molecule has 7 nitrogen and oxygen atoms in total. The first-order valence-corrected chi connectivity index (χ1v) is 4.86. The van der Waals surface area contributed by atoms with E-state index in [9.17, 15) is 14.9 Å². The SMILES string of the molecule is CN(C)Nc1c(Cl)cc([N+](=O)[O-])cc1C(=O)O. The van der Waals surface area contributed by atoms with Crippen LogP contribution in [0.4, 0.5) is 11.4 Å². The fraction of sp³-hybridized carbons (Fsp3) is 0.222. The number of nitrogens with one attached hydrogen (secondary N) is 1. The second kappa shape index (κ2) is 4.98. The summed E-state index contributed by atoms with van der Waals surface area (Å²) in [6.45, 7) is 0. The van der Waals surface area contributed by atoms with Crippen LogP contribution in [0, 0.1) is 10.1 Å². The standard InChI is InChI=1S/C9H10ClN3O4/c1-12(2)11-8-6(9(14)15)3-5(13(16)17)4-7(8)10/h3-4,11H,1-2H3,(H,14,15). The van der Waals surface area contributed by atoms with E-state index in [-0.39, 0.29) is 22.0 Å². The molecule has 17 heavy (non-hydrogen) atoms. The van der Waals surface area contributed by atoms with Crippen molar-refractivity contribution in [1.29, 1.82) is 0 Å². The Labute approximate surface area is 102 Å². The molecule has 0 bridgehead atoms. The van der Waals surface area contributed by atoms with E-state index in [2.05, 4.69) is 5.43 Å². The van der Waals surface area contributed by atoms with Crippen LogP contribution in [0.5, 0.6) is 0 Å². The van der Waals surface area contributed by atoms with Crippen molar-refractivity contribution in [2.75, 3.05) is 19.5 Å². The van der Waals surface area contributed by atoms with Gasteiger partial charge >= 0.3 is 5.97 Å². The molecule has 8 heteroatoms. The second-order valence-corrected chi connectivity index (χ2v) is 3.83. The van der Waals surface area contributed by atoms with Gasteiger partial charge in [0.25, 0.3) is 5.69 Å². The number of aromatic carboxylic acids is 1. The summed E-state index contributed by atoms with van der Waals surface area (Å²) in [6.07, 6.45) is 0. The van der Waals surface area contributed by atoms with Gasteiger partial charge in [0.1, 0.15) is 0 Å². The molecule has 0 fully saturated rings. The molecule has 92 valence electrons. The molecule has 0 saturated heterocycles. The molecule has 0 atom stereocenters. The van der Waals surface area contributed by atoms with Crippen molar-refractivity contribution in [2.45, 2.75) is 0 Å². The van der Waals surface area contributed by atoms with E-state index in [0.29, 0.717) is 0 Å². The normalized spacial score (nSPS) is 10.4. The number of anilines is 1. The maximum Gasteiger partial charge on any atom is 0.338 e. The zero-order chi connectivity index (χ0) is 13.2. The Bertz CT molecular complexity index is 476. The largest absolute Gasteiger partial charge is 0.478 e. The van der Waals surface area contributed by atoms with Crippen molar-refractivity contribution in [3.05, 3.63) is 32.8 Å². The van der Waals surface area contributed by atoms with Crippen molar-refractivity contribution < 1.29 is 14.8 Å². The molecule has 0 aromatic heterocycles. The van der Waals surface area contributed by atoms with Crippen molar-refractivity contribution in [1.82, 2.24) is 5.01 Å². The van der Waals surface area contributed by atoms with Gasteiger partial charge in [0.2, 0.25) is 0 Å². The number of carboxylic acid groups (broad SMARTS) is 1. The number of non-ortho nitro benzene ring substituents is 1. The lowest BCUT2D eigenvalue weighted by Crippen LogP contribution is -2.21. The van der Waals surface area contributed by atoms with Gasteiger partial charge in [-0.2, -0.15) is 0 Å². The quantitative estimate of drug-likeness (QED) is 0.633. The van der Waals surface area contributed by atoms with Crippen LogP contribution in [0.3, 0.4) is 0 Å². The van der Waals surface area contributed by atoms with Crippen LogP contribution in [0.1, 0.15) is 10.4 Å². The molecular weight excluding hydrogens is 250 g/mol. The van der Waals surface area contributed by atoms with Crippen molar-refractivity contribution in [2.24, 2.45) is 0 Å². The molecule has 0 saturated carbocycles. The summed E-state index contributed by atoms with van der Waals surface area (Å²) in [6, 6.07) is 2.06. The first-order valence-electron chi connectivity index (χ1n) is 4.48. The summed E-state index contributed by atoms with van der Waals surface area (Å²) >= 11 is 5.81. The summed E-state index contributed by atoms with van der Waals surface area (Å²) in [4.78, 5) is 20.9. The van der Waals surface area contributed by atoms with Gasteiger partial charge in [-0.15, -0.1) is 0 Å². The predicted molar refractivity (Wildman–Crippen MR) is 62.4 cm³/mol. The van der Waals surface area contributed by atoms with E-state index in [4.69, 9.17) is 16.7 Å². The minimum Gasteiger partial charge on any atom is -0.478 e. The van der Waals surface area contributed by atoms with E-state index >= 15 is 0 Å². The minimum atomic E-state index is -1.29. The van der Waals surface area contributed by atoms with Gasteiger partial charge in [-0.25, -0.2) is 9.80 Å². The smallest absolute Gasteiger partial charge is 0.338 e. The topological polar surface area (TPSA) is 95.7 Å². The summed E-state index contributed by atoms with van der Waals surface area (Å²) in [5.41, 5.74) is 2.19. The highest BCUT2D eigenvalue weighted by Crippen LogP contribution is 2.31. The summed E-state index contributed by atoms with van der Waals surface area (Å²) in [5.74, 6) is -1.29. The molecule has 0 unspecified atom stereocenters. The number of halogens is 1. The number of nitro benzene ring substituents is 1. The molecule has 0 aliphatic heterocycles. The van der Waals surface area contributed by atoms with E-state index in [1.807, 2.05) is 0 Å². The number of nitrogens with zero attached hydrogens (tertiary/aromatic N) is 2. The van der Waals surface area contributed by atoms with Gasteiger partial charge < -0.3 is 10.5 Å². The zero-order valence-electron chi connectivity index (χ0n) is 9.10. The van der Waals surface area contributed by atoms with Crippen LogP contribution < -0.4 is 5.43 Å². The van der Waals surface area contributed by atoms with Crippen molar-refractivity contribution >= 4 is 28.9 Å². The highest BCUT2D eigenvalue weighted by Gasteiger charge is 2.20. The molecule has 0 spiro atoms. The Morgan fingerprint density at radius 1 is 1.53 bits per heavy atom. The zero-order valence-corrected chi connectivity index (χ0v) is 9.85. The van der Waals surface area contributed by atoms with Crippen molar-refractivity contribution in [3.63, 3.8) is 0 Å². The Kier molecular flexibility index (Phi) is 3.87. The van der Waals surface area contributed by atoms with Crippen LogP contribution in [0.15, 0.2) is 12.1 Å². The summed E-state index contributed by atoms with van der Waals surface area (Å²) in [5, 5.41) is 21.0. The number of hydrogen-bond acceptors (Lipinski definition) is 5. The van der Waals surface area contributed by atoms with Crippen LogP contribution >= 0.6 is 11.6 Å². The Hall–Kier alpha value is -1.86. The third-order valence-electron chi connectivity index (χ3n) is 1.85. The molecule has 0 aliphatic rings. The number of benzene rings is 1. The highest BCUT2D eigenvalue weighted by atomic mass is 35.5. The molecular formula is C9H10ClN3O4. The number of nitro groups is 1. The van der Waals surface area contributed by atoms with E-state index in [1.165, 1.54) is 5.01 Å². The monoisotopic (exact) mass is 259 g/mol. The summed E-state index contributed by atoms with van der Waals surface area (Å²) in [7, 11) is 3.28. The van der Waals surface area contributed by atoms with Gasteiger partial charge in [0.15, 0.2) is 0 Å². The lowest BCUT2D eigenvalue weighted by atomic mass is 10.1. The van der Waals surface area contributed by atoms with E-state index in [1.54, 1.807) is 14.1 Å². The van der Waals surface area contributed by atoms with Crippen LogP contribution in [-0.4, -0.2) is 35.1 Å². The Balaban J connectivity index is 3.38. The maximum atomic E-state index is 11.0. The molecule has 1 aromatic rings. The van der Waals surface area contributed by atoms with Crippen molar-refractivity contribution in [3.8, 4) is 0 Å². The molecule has 0 heterocycles. The first-order chi connectivity index (χ1) is 7.82. The summed E-state index contributed by atoms with van der Waals surface area (Å²) < 4.78 is 0. The van der Waals surface area contributed by atoms with Gasteiger partial charge in [0.05, 0.1) is 21.2 Å². The van der Waals surface area contributed by atoms with Crippen LogP contribution in [0.25, 0.3) is 0 Å². The lowest BCUT2D eigenvalue weighted by Gasteiger charge is -2.16. The number of hydrogen-bond donors (Lipinski definition) is 2. The number of hydrazine groups is 1. The first kappa shape index (κ1) is 13.2. The van der Waals surface area contributed by atoms with Gasteiger partial charge in [-0.1, -0.05) is 11.6 Å². The average Bonchev–Trinajstić information content (AvgIpc) is 2.19. The minimum absolute atomic E-state index is 0.0229. The van der Waals surface area contributed by atoms with E-state index in [0.717, 1.165) is 12.1 Å². The number of carbonyl (C=O) groups is 1. The van der Waals surface area contributed by atoms with Gasteiger partial charge in [0, 0.05) is 26.2 Å². The fourth-order valence-corrected chi connectivity index (χ4v) is 1.46. The number of carboxylic acids is 1. The molecule has 1 aromatic carbocycles. The third-order valence-corrected chi connectivity index (χ3v) is 2.15. The van der Waals surface area contributed by atoms with Gasteiger partial charge in [-0.3, -0.25) is 10.1 Å². The fourth-order valence-electron chi connectivity index (χ4n) is 1.20. The molecule has 1 rings (SSSR count). The van der Waals surface area contributed by atoms with Gasteiger partial charge in [-0.05, 0) is 0 Å². The number of rotatable bonds is 4. The highest BCUT2D eigenvalue weighted by molar-refractivity contribution is 6.34.